The van der Waals surface area contributed by atoms with Crippen LogP contribution in [0.15, 0.2) is 60.3 Å². The van der Waals surface area contributed by atoms with Gasteiger partial charge in [0.1, 0.15) is 24.3 Å². The first kappa shape index (κ1) is 21.0. The Morgan fingerprint density at radius 1 is 1.03 bits per heavy atom. The number of hydrogen-bond acceptors (Lipinski definition) is 6. The Labute approximate surface area is 180 Å². The van der Waals surface area contributed by atoms with Crippen LogP contribution in [0.25, 0.3) is 5.82 Å². The second kappa shape index (κ2) is 8.84. The van der Waals surface area contributed by atoms with E-state index in [1.54, 1.807) is 28.2 Å². The lowest BCUT2D eigenvalue weighted by Gasteiger charge is -2.35. The van der Waals surface area contributed by atoms with Crippen LogP contribution in [-0.4, -0.2) is 62.1 Å². The number of anilines is 2. The van der Waals surface area contributed by atoms with Gasteiger partial charge in [-0.1, -0.05) is 0 Å². The number of nitrogens with zero attached hydrogens (tertiary/aromatic N) is 6. The normalized spacial score (nSPS) is 14.5. The standard InChI is InChI=1S/C19H18F3N7OS/c20-19(21,22)31-15-3-1-14(2-4-15)26-18(30)28-9-7-27(8-10-28)16-11-17(25-12-24-16)29-6-5-23-13-29/h1-6,11-13H,7-10H2,(H,26,30). The number of imidazole rings is 1. The highest BCUT2D eigenvalue weighted by molar-refractivity contribution is 8.00. The number of thioether (sulfide) groups is 1. The summed E-state index contributed by atoms with van der Waals surface area (Å²) in [4.78, 5) is 28.9. The summed E-state index contributed by atoms with van der Waals surface area (Å²) >= 11 is -0.189. The number of aromatic nitrogens is 4. The fraction of sp³-hybridized carbons (Fsp3) is 0.263. The third-order valence-electron chi connectivity index (χ3n) is 4.64. The van der Waals surface area contributed by atoms with E-state index in [4.69, 9.17) is 0 Å². The van der Waals surface area contributed by atoms with Gasteiger partial charge >= 0.3 is 11.5 Å². The summed E-state index contributed by atoms with van der Waals surface area (Å²) in [5, 5.41) is 2.73. The highest BCUT2D eigenvalue weighted by atomic mass is 32.2. The first-order valence-corrected chi connectivity index (χ1v) is 10.2. The van der Waals surface area contributed by atoms with E-state index in [-0.39, 0.29) is 22.7 Å². The number of alkyl halides is 3. The van der Waals surface area contributed by atoms with Crippen LogP contribution in [0.1, 0.15) is 0 Å². The molecule has 0 aliphatic carbocycles. The Morgan fingerprint density at radius 2 is 1.74 bits per heavy atom. The summed E-state index contributed by atoms with van der Waals surface area (Å²) in [6.07, 6.45) is 6.61. The minimum Gasteiger partial charge on any atom is -0.353 e. The Morgan fingerprint density at radius 3 is 2.39 bits per heavy atom. The quantitative estimate of drug-likeness (QED) is 0.613. The van der Waals surface area contributed by atoms with E-state index in [1.807, 2.05) is 6.07 Å². The smallest absolute Gasteiger partial charge is 0.353 e. The van der Waals surface area contributed by atoms with Crippen molar-refractivity contribution in [2.45, 2.75) is 10.4 Å². The van der Waals surface area contributed by atoms with Gasteiger partial charge in [-0.25, -0.2) is 19.7 Å². The van der Waals surface area contributed by atoms with Crippen LogP contribution in [0.5, 0.6) is 0 Å². The summed E-state index contributed by atoms with van der Waals surface area (Å²) in [6, 6.07) is 7.15. The summed E-state index contributed by atoms with van der Waals surface area (Å²) < 4.78 is 39.0. The van der Waals surface area contributed by atoms with Crippen molar-refractivity contribution in [1.29, 1.82) is 0 Å². The number of nitrogens with one attached hydrogen (secondary N) is 1. The number of carbonyl (C=O) groups is 1. The number of rotatable bonds is 4. The van der Waals surface area contributed by atoms with E-state index in [0.29, 0.717) is 37.7 Å². The van der Waals surface area contributed by atoms with Crippen LogP contribution in [-0.2, 0) is 0 Å². The Hall–Kier alpha value is -3.28. The maximum atomic E-state index is 12.5. The number of amides is 2. The molecule has 3 aromatic rings. The van der Waals surface area contributed by atoms with E-state index < -0.39 is 5.51 Å². The molecule has 2 aromatic heterocycles. The zero-order chi connectivity index (χ0) is 21.8. The van der Waals surface area contributed by atoms with Crippen molar-refractivity contribution in [3.63, 3.8) is 0 Å². The first-order chi connectivity index (χ1) is 14.9. The van der Waals surface area contributed by atoms with Crippen LogP contribution in [0.2, 0.25) is 0 Å². The first-order valence-electron chi connectivity index (χ1n) is 9.34. The van der Waals surface area contributed by atoms with Gasteiger partial charge in [0.2, 0.25) is 0 Å². The molecular formula is C19H18F3N7OS. The summed E-state index contributed by atoms with van der Waals surface area (Å²) in [5.74, 6) is 1.46. The molecule has 0 saturated carbocycles. The number of halogens is 3. The molecule has 1 aliphatic rings. The molecule has 31 heavy (non-hydrogen) atoms. The number of urea groups is 1. The number of carbonyl (C=O) groups excluding carboxylic acids is 1. The number of piperazine rings is 1. The Balaban J connectivity index is 1.32. The molecule has 1 aliphatic heterocycles. The van der Waals surface area contributed by atoms with Crippen LogP contribution >= 0.6 is 11.8 Å². The maximum Gasteiger partial charge on any atom is 0.446 e. The van der Waals surface area contributed by atoms with E-state index in [1.165, 1.54) is 30.6 Å². The monoisotopic (exact) mass is 449 g/mol. The van der Waals surface area contributed by atoms with Crippen molar-refractivity contribution in [2.24, 2.45) is 0 Å². The third-order valence-corrected chi connectivity index (χ3v) is 5.38. The molecule has 0 unspecified atom stereocenters. The lowest BCUT2D eigenvalue weighted by molar-refractivity contribution is -0.0328. The van der Waals surface area contributed by atoms with E-state index in [2.05, 4.69) is 25.2 Å². The van der Waals surface area contributed by atoms with Gasteiger partial charge in [0, 0.05) is 55.2 Å². The lowest BCUT2D eigenvalue weighted by Crippen LogP contribution is -2.50. The average Bonchev–Trinajstić information content (AvgIpc) is 3.29. The van der Waals surface area contributed by atoms with E-state index >= 15 is 0 Å². The highest BCUT2D eigenvalue weighted by Crippen LogP contribution is 2.37. The van der Waals surface area contributed by atoms with E-state index in [9.17, 15) is 18.0 Å². The fourth-order valence-electron chi connectivity index (χ4n) is 3.13. The minimum atomic E-state index is -4.34. The maximum absolute atomic E-state index is 12.5. The molecule has 0 bridgehead atoms. The molecular weight excluding hydrogens is 431 g/mol. The molecule has 0 radical (unpaired) electrons. The van der Waals surface area contributed by atoms with Crippen molar-refractivity contribution in [3.8, 4) is 5.82 Å². The second-order valence-corrected chi connectivity index (χ2v) is 7.82. The fourth-order valence-corrected chi connectivity index (χ4v) is 3.67. The molecule has 2 amide bonds. The SMILES string of the molecule is O=C(Nc1ccc(SC(F)(F)F)cc1)N1CCN(c2cc(-n3ccnc3)ncn2)CC1. The summed E-state index contributed by atoms with van der Waals surface area (Å²) in [6.45, 7) is 2.15. The van der Waals surface area contributed by atoms with Gasteiger partial charge in [0.15, 0.2) is 0 Å². The van der Waals surface area contributed by atoms with Crippen molar-refractivity contribution >= 4 is 29.3 Å². The third kappa shape index (κ3) is 5.45. The lowest BCUT2D eigenvalue weighted by atomic mass is 10.3. The van der Waals surface area contributed by atoms with Gasteiger partial charge in [-0.3, -0.25) is 4.57 Å². The van der Waals surface area contributed by atoms with Gasteiger partial charge < -0.3 is 15.1 Å². The van der Waals surface area contributed by atoms with Gasteiger partial charge in [-0.05, 0) is 36.0 Å². The van der Waals surface area contributed by atoms with Crippen LogP contribution in [0, 0.1) is 0 Å². The zero-order valence-corrected chi connectivity index (χ0v) is 17.0. The van der Waals surface area contributed by atoms with Crippen molar-refractivity contribution in [2.75, 3.05) is 36.4 Å². The van der Waals surface area contributed by atoms with E-state index in [0.717, 1.165) is 5.82 Å². The Bertz CT molecular complexity index is 1020. The molecule has 0 atom stereocenters. The highest BCUT2D eigenvalue weighted by Gasteiger charge is 2.29. The second-order valence-electron chi connectivity index (χ2n) is 6.68. The van der Waals surface area contributed by atoms with Gasteiger partial charge in [0.25, 0.3) is 0 Å². The Kier molecular flexibility index (Phi) is 5.98. The van der Waals surface area contributed by atoms with Crippen molar-refractivity contribution < 1.29 is 18.0 Å². The molecule has 162 valence electrons. The molecule has 1 N–H and O–H groups in total. The zero-order valence-electron chi connectivity index (χ0n) is 16.2. The predicted molar refractivity (Wildman–Crippen MR) is 110 cm³/mol. The largest absolute Gasteiger partial charge is 0.446 e. The molecule has 1 aromatic carbocycles. The molecule has 3 heterocycles. The van der Waals surface area contributed by atoms with Crippen LogP contribution < -0.4 is 10.2 Å². The predicted octanol–water partition coefficient (Wildman–Crippen LogP) is 3.63. The molecule has 0 spiro atoms. The van der Waals surface area contributed by atoms with Gasteiger partial charge in [-0.15, -0.1) is 0 Å². The molecule has 1 fully saturated rings. The number of hydrogen-bond donors (Lipinski definition) is 1. The van der Waals surface area contributed by atoms with Crippen LogP contribution in [0.3, 0.4) is 0 Å². The molecule has 4 rings (SSSR count). The topological polar surface area (TPSA) is 79.2 Å². The van der Waals surface area contributed by atoms with Gasteiger partial charge in [-0.2, -0.15) is 13.2 Å². The molecule has 8 nitrogen and oxygen atoms in total. The van der Waals surface area contributed by atoms with Crippen LogP contribution in [0.4, 0.5) is 29.5 Å². The molecule has 12 heteroatoms. The summed E-state index contributed by atoms with van der Waals surface area (Å²) in [5.41, 5.74) is -3.90. The summed E-state index contributed by atoms with van der Waals surface area (Å²) in [7, 11) is 0. The number of benzene rings is 1. The average molecular weight is 449 g/mol. The minimum absolute atomic E-state index is 0.0685. The van der Waals surface area contributed by atoms with Crippen molar-refractivity contribution in [1.82, 2.24) is 24.4 Å². The molecule has 1 saturated heterocycles. The van der Waals surface area contributed by atoms with Gasteiger partial charge in [0.05, 0.1) is 0 Å². The van der Waals surface area contributed by atoms with Crippen molar-refractivity contribution in [3.05, 3.63) is 55.4 Å².